The molecule has 0 spiro atoms. The maximum Gasteiger partial charge on any atom is 0.303 e. The fourth-order valence-electron chi connectivity index (χ4n) is 2.13. The summed E-state index contributed by atoms with van der Waals surface area (Å²) >= 11 is 0. The summed E-state index contributed by atoms with van der Waals surface area (Å²) in [5.74, 6) is -1.18. The van der Waals surface area contributed by atoms with Gasteiger partial charge in [0.05, 0.1) is 0 Å². The van der Waals surface area contributed by atoms with Crippen LogP contribution < -0.4 is 5.32 Å². The van der Waals surface area contributed by atoms with Crippen molar-refractivity contribution in [3.05, 3.63) is 34.9 Å². The van der Waals surface area contributed by atoms with Gasteiger partial charge in [0.2, 0.25) is 0 Å². The van der Waals surface area contributed by atoms with Gasteiger partial charge in [-0.1, -0.05) is 12.1 Å². The Morgan fingerprint density at radius 3 is 2.79 bits per heavy atom. The van der Waals surface area contributed by atoms with Gasteiger partial charge in [-0.25, -0.2) is 0 Å². The van der Waals surface area contributed by atoms with Crippen molar-refractivity contribution in [1.29, 1.82) is 0 Å². The number of carbonyl (C=O) groups excluding carboxylic acids is 2. The largest absolute Gasteiger partial charge is 0.481 e. The molecule has 2 N–H and O–H groups in total. The van der Waals surface area contributed by atoms with Crippen molar-refractivity contribution in [1.82, 2.24) is 5.32 Å². The van der Waals surface area contributed by atoms with E-state index >= 15 is 0 Å². The number of nitrogens with one attached hydrogen (secondary N) is 1. The van der Waals surface area contributed by atoms with Crippen molar-refractivity contribution < 1.29 is 19.5 Å². The highest BCUT2D eigenvalue weighted by molar-refractivity contribution is 6.02. The lowest BCUT2D eigenvalue weighted by Gasteiger charge is -2.16. The Morgan fingerprint density at radius 2 is 2.05 bits per heavy atom. The molecule has 1 aromatic carbocycles. The summed E-state index contributed by atoms with van der Waals surface area (Å²) in [6, 6.07) is 5.12. The molecule has 5 nitrogen and oxygen atoms in total. The predicted octanol–water partition coefficient (Wildman–Crippen LogP) is 1.41. The van der Waals surface area contributed by atoms with Gasteiger partial charge in [0.25, 0.3) is 5.91 Å². The van der Waals surface area contributed by atoms with E-state index in [1.807, 2.05) is 0 Å². The van der Waals surface area contributed by atoms with E-state index in [4.69, 9.17) is 5.11 Å². The number of amides is 1. The summed E-state index contributed by atoms with van der Waals surface area (Å²) in [6.07, 6.45) is 1.26. The fourth-order valence-corrected chi connectivity index (χ4v) is 2.13. The Morgan fingerprint density at radius 1 is 1.26 bits per heavy atom. The third-order valence-corrected chi connectivity index (χ3v) is 3.15. The second-order valence-corrected chi connectivity index (χ2v) is 4.55. The first-order chi connectivity index (χ1) is 9.08. The van der Waals surface area contributed by atoms with Crippen LogP contribution in [0.3, 0.4) is 0 Å². The van der Waals surface area contributed by atoms with Crippen LogP contribution in [0.25, 0.3) is 0 Å². The highest BCUT2D eigenvalue weighted by atomic mass is 16.4. The summed E-state index contributed by atoms with van der Waals surface area (Å²) in [5.41, 5.74) is 1.97. The van der Waals surface area contributed by atoms with Crippen LogP contribution in [0.1, 0.15) is 45.5 Å². The van der Waals surface area contributed by atoms with Gasteiger partial charge in [-0.2, -0.15) is 0 Å². The lowest BCUT2D eigenvalue weighted by molar-refractivity contribution is -0.137. The summed E-state index contributed by atoms with van der Waals surface area (Å²) < 4.78 is 0. The monoisotopic (exact) mass is 261 g/mol. The topological polar surface area (TPSA) is 83.5 Å². The molecule has 0 saturated carbocycles. The summed E-state index contributed by atoms with van der Waals surface area (Å²) in [7, 11) is 0. The molecule has 0 unspecified atom stereocenters. The van der Waals surface area contributed by atoms with E-state index in [1.165, 1.54) is 0 Å². The summed E-state index contributed by atoms with van der Waals surface area (Å²) in [4.78, 5) is 33.9. The molecule has 1 aliphatic rings. The number of carboxylic acids is 1. The van der Waals surface area contributed by atoms with E-state index in [9.17, 15) is 14.4 Å². The van der Waals surface area contributed by atoms with E-state index in [0.29, 0.717) is 24.1 Å². The van der Waals surface area contributed by atoms with Gasteiger partial charge in [0.15, 0.2) is 5.78 Å². The molecule has 1 aliphatic heterocycles. The number of Topliss-reactive ketones (excluding diaryl/α,β-unsaturated/α-hetero) is 1. The van der Waals surface area contributed by atoms with E-state index in [0.717, 1.165) is 12.0 Å². The van der Waals surface area contributed by atoms with Gasteiger partial charge in [-0.05, 0) is 24.5 Å². The quantitative estimate of drug-likeness (QED) is 0.785. The normalized spacial score (nSPS) is 13.6. The lowest BCUT2D eigenvalue weighted by Crippen LogP contribution is -2.32. The number of benzene rings is 1. The minimum Gasteiger partial charge on any atom is -0.481 e. The van der Waals surface area contributed by atoms with Crippen molar-refractivity contribution in [2.75, 3.05) is 6.54 Å². The Balaban J connectivity index is 2.08. The zero-order valence-electron chi connectivity index (χ0n) is 10.4. The maximum atomic E-state index is 11.9. The molecule has 0 saturated heterocycles. The predicted molar refractivity (Wildman–Crippen MR) is 68.3 cm³/mol. The minimum atomic E-state index is -0.905. The number of ketones is 1. The first-order valence-corrected chi connectivity index (χ1v) is 6.24. The molecule has 1 aromatic rings. The fraction of sp³-hybridized carbons (Fsp3) is 0.357. The number of hydrogen-bond donors (Lipinski definition) is 2. The molecule has 0 aliphatic carbocycles. The van der Waals surface area contributed by atoms with E-state index in [2.05, 4.69) is 5.32 Å². The minimum absolute atomic E-state index is 0.0167. The second kappa shape index (κ2) is 5.65. The SMILES string of the molecule is O=C(O)CCCC(=O)c1ccc2c(c1)C(=O)NCC2. The van der Waals surface area contributed by atoms with Crippen molar-refractivity contribution in [2.24, 2.45) is 0 Å². The van der Waals surface area contributed by atoms with Crippen molar-refractivity contribution in [3.8, 4) is 0 Å². The molecule has 19 heavy (non-hydrogen) atoms. The zero-order chi connectivity index (χ0) is 13.8. The lowest BCUT2D eigenvalue weighted by atomic mass is 9.95. The first-order valence-electron chi connectivity index (χ1n) is 6.24. The van der Waals surface area contributed by atoms with Crippen LogP contribution in [0.2, 0.25) is 0 Å². The number of hydrogen-bond acceptors (Lipinski definition) is 3. The average Bonchev–Trinajstić information content (AvgIpc) is 2.38. The standard InChI is InChI=1S/C14H15NO4/c16-12(2-1-3-13(17)18)10-5-4-9-6-7-15-14(19)11(9)8-10/h4-5,8H,1-3,6-7H2,(H,15,19)(H,17,18). The second-order valence-electron chi connectivity index (χ2n) is 4.55. The number of aliphatic carboxylic acids is 1. The van der Waals surface area contributed by atoms with Crippen LogP contribution in [0.4, 0.5) is 0 Å². The Labute approximate surface area is 110 Å². The van der Waals surface area contributed by atoms with Gasteiger partial charge in [-0.15, -0.1) is 0 Å². The summed E-state index contributed by atoms with van der Waals surface area (Å²) in [5, 5.41) is 11.3. The highest BCUT2D eigenvalue weighted by Crippen LogP contribution is 2.17. The summed E-state index contributed by atoms with van der Waals surface area (Å²) in [6.45, 7) is 0.623. The van der Waals surface area contributed by atoms with Gasteiger partial charge in [0.1, 0.15) is 0 Å². The van der Waals surface area contributed by atoms with Crippen LogP contribution >= 0.6 is 0 Å². The highest BCUT2D eigenvalue weighted by Gasteiger charge is 2.18. The molecule has 1 heterocycles. The molecule has 0 atom stereocenters. The third kappa shape index (κ3) is 3.19. The molecule has 1 amide bonds. The molecule has 0 radical (unpaired) electrons. The zero-order valence-corrected chi connectivity index (χ0v) is 10.4. The van der Waals surface area contributed by atoms with Crippen molar-refractivity contribution in [3.63, 3.8) is 0 Å². The van der Waals surface area contributed by atoms with Crippen LogP contribution in [0.5, 0.6) is 0 Å². The van der Waals surface area contributed by atoms with E-state index < -0.39 is 5.97 Å². The third-order valence-electron chi connectivity index (χ3n) is 3.15. The molecule has 5 heteroatoms. The van der Waals surface area contributed by atoms with Crippen LogP contribution in [-0.4, -0.2) is 29.3 Å². The average molecular weight is 261 g/mol. The molecule has 0 fully saturated rings. The van der Waals surface area contributed by atoms with Crippen molar-refractivity contribution >= 4 is 17.7 Å². The molecule has 0 bridgehead atoms. The maximum absolute atomic E-state index is 11.9. The van der Waals surface area contributed by atoms with Gasteiger partial charge in [-0.3, -0.25) is 14.4 Å². The van der Waals surface area contributed by atoms with Crippen molar-refractivity contribution in [2.45, 2.75) is 25.7 Å². The Hall–Kier alpha value is -2.17. The first kappa shape index (κ1) is 13.3. The number of fused-ring (bicyclic) bond motifs is 1. The van der Waals surface area contributed by atoms with Gasteiger partial charge in [0, 0.05) is 30.5 Å². The van der Waals surface area contributed by atoms with Crippen LogP contribution in [-0.2, 0) is 11.2 Å². The number of carbonyl (C=O) groups is 3. The van der Waals surface area contributed by atoms with Crippen LogP contribution in [0.15, 0.2) is 18.2 Å². The molecule has 0 aromatic heterocycles. The van der Waals surface area contributed by atoms with E-state index in [-0.39, 0.29) is 24.5 Å². The Bertz CT molecular complexity index is 536. The van der Waals surface area contributed by atoms with Gasteiger partial charge < -0.3 is 10.4 Å². The number of rotatable bonds is 5. The number of carboxylic acid groups (broad SMARTS) is 1. The molecule has 2 rings (SSSR count). The van der Waals surface area contributed by atoms with Gasteiger partial charge >= 0.3 is 5.97 Å². The van der Waals surface area contributed by atoms with E-state index in [1.54, 1.807) is 18.2 Å². The molecule has 100 valence electrons. The molecular formula is C14H15NO4. The smallest absolute Gasteiger partial charge is 0.303 e. The Kier molecular flexibility index (Phi) is 3.94. The molecular weight excluding hydrogens is 246 g/mol. The van der Waals surface area contributed by atoms with Crippen LogP contribution in [0, 0.1) is 0 Å².